The lowest BCUT2D eigenvalue weighted by Gasteiger charge is -2.31. The van der Waals surface area contributed by atoms with Gasteiger partial charge in [-0.15, -0.1) is 0 Å². The molecule has 0 bridgehead atoms. The molecule has 0 spiro atoms. The molecule has 1 heterocycles. The predicted octanol–water partition coefficient (Wildman–Crippen LogP) is 1.38. The molecular formula is C14H26N2O4S. The Balaban J connectivity index is 2.01. The van der Waals surface area contributed by atoms with Crippen LogP contribution in [-0.2, 0) is 19.7 Å². The fourth-order valence-electron chi connectivity index (χ4n) is 3.51. The molecular weight excluding hydrogens is 292 g/mol. The number of carbonyl (C=O) groups is 1. The number of hydrogen-bond acceptors (Lipinski definition) is 4. The predicted molar refractivity (Wildman–Crippen MR) is 79.9 cm³/mol. The van der Waals surface area contributed by atoms with Crippen molar-refractivity contribution >= 4 is 16.2 Å². The number of hydrogen-bond donors (Lipinski definition) is 0. The number of carbonyl (C=O) groups excluding carboxylic acids is 1. The molecule has 1 atom stereocenters. The van der Waals surface area contributed by atoms with Gasteiger partial charge >= 0.3 is 5.97 Å². The summed E-state index contributed by atoms with van der Waals surface area (Å²) in [5.74, 6) is 0.127. The van der Waals surface area contributed by atoms with Crippen LogP contribution < -0.4 is 0 Å². The Morgan fingerprint density at radius 1 is 1.24 bits per heavy atom. The Hall–Kier alpha value is -0.660. The van der Waals surface area contributed by atoms with Gasteiger partial charge in [0.05, 0.1) is 13.5 Å². The van der Waals surface area contributed by atoms with E-state index in [0.29, 0.717) is 12.5 Å². The van der Waals surface area contributed by atoms with E-state index in [2.05, 4.69) is 4.74 Å². The van der Waals surface area contributed by atoms with Gasteiger partial charge in [0, 0.05) is 26.2 Å². The summed E-state index contributed by atoms with van der Waals surface area (Å²) in [4.78, 5) is 11.2. The van der Waals surface area contributed by atoms with E-state index in [1.54, 1.807) is 11.4 Å². The van der Waals surface area contributed by atoms with Crippen molar-refractivity contribution in [3.63, 3.8) is 0 Å². The van der Waals surface area contributed by atoms with Gasteiger partial charge in [-0.2, -0.15) is 17.0 Å². The van der Waals surface area contributed by atoms with Gasteiger partial charge in [-0.25, -0.2) is 0 Å². The average Bonchev–Trinajstić information content (AvgIpc) is 3.13. The van der Waals surface area contributed by atoms with Crippen LogP contribution in [0.2, 0.25) is 0 Å². The Kier molecular flexibility index (Phi) is 5.62. The van der Waals surface area contributed by atoms with Crippen molar-refractivity contribution in [2.24, 2.45) is 5.92 Å². The molecule has 2 aliphatic rings. The number of nitrogens with zero attached hydrogens (tertiary/aromatic N) is 2. The monoisotopic (exact) mass is 318 g/mol. The van der Waals surface area contributed by atoms with Gasteiger partial charge in [0.1, 0.15) is 0 Å². The second kappa shape index (κ2) is 7.07. The van der Waals surface area contributed by atoms with E-state index < -0.39 is 10.2 Å². The fraction of sp³-hybridized carbons (Fsp3) is 0.929. The van der Waals surface area contributed by atoms with E-state index in [-0.39, 0.29) is 25.0 Å². The van der Waals surface area contributed by atoms with E-state index >= 15 is 0 Å². The molecule has 2 fully saturated rings. The van der Waals surface area contributed by atoms with Crippen molar-refractivity contribution in [1.29, 1.82) is 0 Å². The van der Waals surface area contributed by atoms with Crippen LogP contribution in [0.4, 0.5) is 0 Å². The first-order valence-corrected chi connectivity index (χ1v) is 9.16. The maximum atomic E-state index is 12.7. The van der Waals surface area contributed by atoms with Crippen LogP contribution >= 0.6 is 0 Å². The van der Waals surface area contributed by atoms with Crippen LogP contribution in [0.25, 0.3) is 0 Å². The van der Waals surface area contributed by atoms with E-state index in [1.807, 2.05) is 0 Å². The quantitative estimate of drug-likeness (QED) is 0.694. The molecule has 7 heteroatoms. The van der Waals surface area contributed by atoms with Crippen LogP contribution in [-0.4, -0.2) is 56.3 Å². The Morgan fingerprint density at radius 3 is 2.52 bits per heavy atom. The van der Waals surface area contributed by atoms with Crippen molar-refractivity contribution in [2.45, 2.75) is 51.0 Å². The molecule has 21 heavy (non-hydrogen) atoms. The summed E-state index contributed by atoms with van der Waals surface area (Å²) in [6.07, 6.45) is 6.71. The number of rotatable bonds is 6. The second-order valence-corrected chi connectivity index (χ2v) is 8.01. The third kappa shape index (κ3) is 3.76. The smallest absolute Gasteiger partial charge is 0.306 e. The zero-order valence-electron chi connectivity index (χ0n) is 13.0. The highest BCUT2D eigenvalue weighted by molar-refractivity contribution is 7.86. The molecule has 0 aromatic carbocycles. The zero-order chi connectivity index (χ0) is 15.5. The number of ether oxygens (including phenoxy) is 1. The maximum Gasteiger partial charge on any atom is 0.306 e. The van der Waals surface area contributed by atoms with Crippen LogP contribution in [0, 0.1) is 5.92 Å². The minimum atomic E-state index is -3.47. The van der Waals surface area contributed by atoms with E-state index in [0.717, 1.165) is 25.7 Å². The van der Waals surface area contributed by atoms with Crippen molar-refractivity contribution in [3.05, 3.63) is 0 Å². The van der Waals surface area contributed by atoms with Gasteiger partial charge in [0.2, 0.25) is 0 Å². The summed E-state index contributed by atoms with van der Waals surface area (Å²) < 4.78 is 32.9. The van der Waals surface area contributed by atoms with Crippen molar-refractivity contribution in [1.82, 2.24) is 8.61 Å². The van der Waals surface area contributed by atoms with Gasteiger partial charge < -0.3 is 4.74 Å². The van der Waals surface area contributed by atoms with E-state index in [1.165, 1.54) is 24.3 Å². The lowest BCUT2D eigenvalue weighted by Crippen LogP contribution is -2.47. The third-order valence-electron chi connectivity index (χ3n) is 4.74. The van der Waals surface area contributed by atoms with E-state index in [9.17, 15) is 13.2 Å². The second-order valence-electron chi connectivity index (χ2n) is 6.02. The van der Waals surface area contributed by atoms with Gasteiger partial charge in [-0.1, -0.05) is 12.8 Å². The van der Waals surface area contributed by atoms with Crippen LogP contribution in [0.3, 0.4) is 0 Å². The van der Waals surface area contributed by atoms with E-state index in [4.69, 9.17) is 0 Å². The minimum absolute atomic E-state index is 0.0914. The normalized spacial score (nSPS) is 24.8. The van der Waals surface area contributed by atoms with Gasteiger partial charge in [0.25, 0.3) is 10.2 Å². The van der Waals surface area contributed by atoms with Gasteiger partial charge in [0.15, 0.2) is 0 Å². The molecule has 122 valence electrons. The lowest BCUT2D eigenvalue weighted by atomic mass is 9.97. The molecule has 1 unspecified atom stereocenters. The topological polar surface area (TPSA) is 66.9 Å². The summed E-state index contributed by atoms with van der Waals surface area (Å²) in [6.45, 7) is 0.773. The number of esters is 1. The highest BCUT2D eigenvalue weighted by Gasteiger charge is 2.41. The Morgan fingerprint density at radius 2 is 1.90 bits per heavy atom. The fourth-order valence-corrected chi connectivity index (χ4v) is 5.17. The molecule has 0 aromatic heterocycles. The molecule has 0 N–H and O–H groups in total. The molecule has 6 nitrogen and oxygen atoms in total. The first-order chi connectivity index (χ1) is 9.96. The highest BCUT2D eigenvalue weighted by atomic mass is 32.2. The molecule has 1 saturated carbocycles. The van der Waals surface area contributed by atoms with Crippen molar-refractivity contribution in [2.75, 3.05) is 27.2 Å². The molecule has 1 saturated heterocycles. The zero-order valence-corrected chi connectivity index (χ0v) is 13.8. The molecule has 2 rings (SSSR count). The molecule has 1 aliphatic heterocycles. The number of methoxy groups -OCH3 is 1. The maximum absolute atomic E-state index is 12.7. The van der Waals surface area contributed by atoms with Gasteiger partial charge in [-0.3, -0.25) is 4.79 Å². The van der Waals surface area contributed by atoms with Crippen molar-refractivity contribution < 1.29 is 17.9 Å². The van der Waals surface area contributed by atoms with Gasteiger partial charge in [-0.05, 0) is 31.6 Å². The molecule has 1 aliphatic carbocycles. The Bertz CT molecular complexity index is 460. The molecule has 0 amide bonds. The summed E-state index contributed by atoms with van der Waals surface area (Å²) in [5, 5.41) is 0. The summed E-state index contributed by atoms with van der Waals surface area (Å²) in [6, 6.07) is 0.151. The molecule has 0 radical (unpaired) electrons. The van der Waals surface area contributed by atoms with Crippen molar-refractivity contribution in [3.8, 4) is 0 Å². The summed E-state index contributed by atoms with van der Waals surface area (Å²) >= 11 is 0. The SMILES string of the molecule is COC(=O)CCN(C)S(=O)(=O)N1CCCC1C1CCCC1. The summed E-state index contributed by atoms with van der Waals surface area (Å²) in [5.41, 5.74) is 0. The largest absolute Gasteiger partial charge is 0.469 e. The first-order valence-electron chi connectivity index (χ1n) is 7.76. The van der Waals surface area contributed by atoms with Crippen LogP contribution in [0.15, 0.2) is 0 Å². The first kappa shape index (κ1) is 16.7. The third-order valence-corrected chi connectivity index (χ3v) is 6.76. The van der Waals surface area contributed by atoms with Crippen LogP contribution in [0.1, 0.15) is 44.9 Å². The average molecular weight is 318 g/mol. The van der Waals surface area contributed by atoms with Crippen LogP contribution in [0.5, 0.6) is 0 Å². The molecule has 0 aromatic rings. The minimum Gasteiger partial charge on any atom is -0.469 e. The summed E-state index contributed by atoms with van der Waals surface area (Å²) in [7, 11) is -0.613. The lowest BCUT2D eigenvalue weighted by molar-refractivity contribution is -0.140. The Labute approximate surface area is 127 Å². The standard InChI is InChI=1S/C14H26N2O4S/c1-15(11-9-14(17)20-2)21(18,19)16-10-5-8-13(16)12-6-3-4-7-12/h12-13H,3-11H2,1-2H3. The highest BCUT2D eigenvalue weighted by Crippen LogP contribution is 2.37.